The Morgan fingerprint density at radius 1 is 1.60 bits per heavy atom. The molecule has 1 aliphatic rings. The van der Waals surface area contributed by atoms with Crippen molar-refractivity contribution < 1.29 is 14.6 Å². The number of methoxy groups -OCH3 is 1. The fourth-order valence-corrected chi connectivity index (χ4v) is 1.78. The highest BCUT2D eigenvalue weighted by Crippen LogP contribution is 2.37. The lowest BCUT2D eigenvalue weighted by Gasteiger charge is -2.12. The third kappa shape index (κ3) is 1.78. The zero-order valence-corrected chi connectivity index (χ0v) is 8.69. The van der Waals surface area contributed by atoms with Gasteiger partial charge in [-0.2, -0.15) is 0 Å². The zero-order valence-electron chi connectivity index (χ0n) is 8.69. The summed E-state index contributed by atoms with van der Waals surface area (Å²) >= 11 is 0. The lowest BCUT2D eigenvalue weighted by Crippen LogP contribution is -2.11. The molecule has 1 unspecified atom stereocenters. The van der Waals surface area contributed by atoms with Crippen molar-refractivity contribution in [1.29, 1.82) is 0 Å². The lowest BCUT2D eigenvalue weighted by atomic mass is 10.0. The number of benzene rings is 1. The second kappa shape index (κ2) is 4.08. The first kappa shape index (κ1) is 10.3. The Balaban J connectivity index is 2.43. The average molecular weight is 209 g/mol. The third-order valence-corrected chi connectivity index (χ3v) is 2.60. The van der Waals surface area contributed by atoms with Gasteiger partial charge < -0.3 is 20.3 Å². The molecule has 1 heterocycles. The minimum atomic E-state index is -0.634. The van der Waals surface area contributed by atoms with Gasteiger partial charge in [0.15, 0.2) is 11.5 Å². The van der Waals surface area contributed by atoms with Crippen LogP contribution in [-0.2, 0) is 6.42 Å². The van der Waals surface area contributed by atoms with Gasteiger partial charge in [-0.3, -0.25) is 0 Å². The van der Waals surface area contributed by atoms with E-state index in [1.54, 1.807) is 13.2 Å². The molecular formula is C11H15NO3. The van der Waals surface area contributed by atoms with Crippen LogP contribution in [0.5, 0.6) is 11.5 Å². The Morgan fingerprint density at radius 2 is 2.40 bits per heavy atom. The van der Waals surface area contributed by atoms with Crippen LogP contribution in [0.2, 0.25) is 0 Å². The highest BCUT2D eigenvalue weighted by atomic mass is 16.5. The molecule has 82 valence electrons. The van der Waals surface area contributed by atoms with Crippen molar-refractivity contribution in [3.05, 3.63) is 23.3 Å². The number of hydrogen-bond acceptors (Lipinski definition) is 4. The molecule has 0 saturated carbocycles. The van der Waals surface area contributed by atoms with Crippen molar-refractivity contribution >= 4 is 0 Å². The standard InChI is InChI=1S/C11H15NO3/c1-14-10-5-8(9(13)6-12)4-7-2-3-15-11(7)10/h4-5,9,13H,2-3,6,12H2,1H3. The van der Waals surface area contributed by atoms with E-state index in [2.05, 4.69) is 0 Å². The summed E-state index contributed by atoms with van der Waals surface area (Å²) in [6, 6.07) is 3.71. The van der Waals surface area contributed by atoms with E-state index in [4.69, 9.17) is 15.2 Å². The van der Waals surface area contributed by atoms with E-state index < -0.39 is 6.10 Å². The molecule has 1 aliphatic heterocycles. The van der Waals surface area contributed by atoms with Crippen LogP contribution in [0.3, 0.4) is 0 Å². The summed E-state index contributed by atoms with van der Waals surface area (Å²) in [5, 5.41) is 9.66. The number of fused-ring (bicyclic) bond motifs is 1. The fourth-order valence-electron chi connectivity index (χ4n) is 1.78. The molecule has 0 fully saturated rings. The molecule has 3 N–H and O–H groups in total. The molecule has 0 spiro atoms. The molecule has 4 heteroatoms. The quantitative estimate of drug-likeness (QED) is 0.766. The largest absolute Gasteiger partial charge is 0.493 e. The van der Waals surface area contributed by atoms with Gasteiger partial charge >= 0.3 is 0 Å². The number of ether oxygens (including phenoxy) is 2. The maximum Gasteiger partial charge on any atom is 0.164 e. The van der Waals surface area contributed by atoms with Gasteiger partial charge in [0.05, 0.1) is 19.8 Å². The molecule has 1 aromatic carbocycles. The lowest BCUT2D eigenvalue weighted by molar-refractivity contribution is 0.186. The number of aliphatic hydroxyl groups is 1. The van der Waals surface area contributed by atoms with Gasteiger partial charge in [0.25, 0.3) is 0 Å². The Bertz CT molecular complexity index is 365. The number of aliphatic hydroxyl groups excluding tert-OH is 1. The minimum Gasteiger partial charge on any atom is -0.493 e. The maximum atomic E-state index is 9.66. The summed E-state index contributed by atoms with van der Waals surface area (Å²) in [7, 11) is 1.59. The first-order valence-electron chi connectivity index (χ1n) is 4.98. The molecule has 0 aliphatic carbocycles. The predicted octanol–water partition coefficient (Wildman–Crippen LogP) is 0.622. The van der Waals surface area contributed by atoms with Gasteiger partial charge in [-0.15, -0.1) is 0 Å². The van der Waals surface area contributed by atoms with Crippen LogP contribution in [0.4, 0.5) is 0 Å². The highest BCUT2D eigenvalue weighted by Gasteiger charge is 2.20. The van der Waals surface area contributed by atoms with Crippen molar-refractivity contribution in [3.8, 4) is 11.5 Å². The molecule has 0 aromatic heterocycles. The first-order valence-corrected chi connectivity index (χ1v) is 4.98. The van der Waals surface area contributed by atoms with E-state index in [9.17, 15) is 5.11 Å². The van der Waals surface area contributed by atoms with Gasteiger partial charge in [-0.1, -0.05) is 0 Å². The van der Waals surface area contributed by atoms with Crippen LogP contribution < -0.4 is 15.2 Å². The topological polar surface area (TPSA) is 64.7 Å². The fraction of sp³-hybridized carbons (Fsp3) is 0.455. The second-order valence-corrected chi connectivity index (χ2v) is 3.56. The Morgan fingerprint density at radius 3 is 3.07 bits per heavy atom. The summed E-state index contributed by atoms with van der Waals surface area (Å²) in [6.07, 6.45) is 0.224. The second-order valence-electron chi connectivity index (χ2n) is 3.56. The van der Waals surface area contributed by atoms with Crippen LogP contribution in [0.1, 0.15) is 17.2 Å². The van der Waals surface area contributed by atoms with Crippen molar-refractivity contribution in [2.24, 2.45) is 5.73 Å². The van der Waals surface area contributed by atoms with E-state index in [1.165, 1.54) is 0 Å². The molecule has 1 atom stereocenters. The third-order valence-electron chi connectivity index (χ3n) is 2.60. The van der Waals surface area contributed by atoms with E-state index in [1.807, 2.05) is 6.07 Å². The molecule has 4 nitrogen and oxygen atoms in total. The number of nitrogens with two attached hydrogens (primary N) is 1. The van der Waals surface area contributed by atoms with Crippen molar-refractivity contribution in [2.45, 2.75) is 12.5 Å². The summed E-state index contributed by atoms with van der Waals surface area (Å²) in [6.45, 7) is 0.886. The number of rotatable bonds is 3. The predicted molar refractivity (Wildman–Crippen MR) is 56.2 cm³/mol. The minimum absolute atomic E-state index is 0.211. The first-order chi connectivity index (χ1) is 7.26. The van der Waals surface area contributed by atoms with E-state index in [0.29, 0.717) is 12.4 Å². The normalized spacial score (nSPS) is 15.7. The summed E-state index contributed by atoms with van der Waals surface area (Å²) in [5.74, 6) is 1.47. The summed E-state index contributed by atoms with van der Waals surface area (Å²) < 4.78 is 10.7. The van der Waals surface area contributed by atoms with Gasteiger partial charge in [0.1, 0.15) is 0 Å². The average Bonchev–Trinajstić information content (AvgIpc) is 2.74. The Hall–Kier alpha value is -1.26. The highest BCUT2D eigenvalue weighted by molar-refractivity contribution is 5.51. The molecule has 0 bridgehead atoms. The van der Waals surface area contributed by atoms with Gasteiger partial charge in [0.2, 0.25) is 0 Å². The van der Waals surface area contributed by atoms with Crippen LogP contribution in [0.15, 0.2) is 12.1 Å². The van der Waals surface area contributed by atoms with Crippen LogP contribution in [-0.4, -0.2) is 25.4 Å². The van der Waals surface area contributed by atoms with E-state index >= 15 is 0 Å². The summed E-state index contributed by atoms with van der Waals surface area (Å²) in [5.41, 5.74) is 7.29. The molecule has 1 aromatic rings. The Kier molecular flexibility index (Phi) is 2.79. The van der Waals surface area contributed by atoms with Crippen molar-refractivity contribution in [2.75, 3.05) is 20.3 Å². The SMILES string of the molecule is COc1cc(C(O)CN)cc2c1OCC2. The Labute approximate surface area is 88.6 Å². The zero-order chi connectivity index (χ0) is 10.8. The molecule has 2 rings (SSSR count). The van der Waals surface area contributed by atoms with Crippen molar-refractivity contribution in [3.63, 3.8) is 0 Å². The smallest absolute Gasteiger partial charge is 0.164 e. The van der Waals surface area contributed by atoms with Gasteiger partial charge in [-0.25, -0.2) is 0 Å². The van der Waals surface area contributed by atoms with E-state index in [-0.39, 0.29) is 6.54 Å². The van der Waals surface area contributed by atoms with Crippen LogP contribution >= 0.6 is 0 Å². The molecule has 0 saturated heterocycles. The maximum absolute atomic E-state index is 9.66. The van der Waals surface area contributed by atoms with Crippen LogP contribution in [0, 0.1) is 0 Å². The number of hydrogen-bond donors (Lipinski definition) is 2. The van der Waals surface area contributed by atoms with Gasteiger partial charge in [0, 0.05) is 18.5 Å². The van der Waals surface area contributed by atoms with Crippen LogP contribution in [0.25, 0.3) is 0 Å². The molecule has 15 heavy (non-hydrogen) atoms. The summed E-state index contributed by atoms with van der Waals surface area (Å²) in [4.78, 5) is 0. The molecule has 0 radical (unpaired) electrons. The van der Waals surface area contributed by atoms with Crippen molar-refractivity contribution in [1.82, 2.24) is 0 Å². The van der Waals surface area contributed by atoms with Gasteiger partial charge in [-0.05, 0) is 17.7 Å². The monoisotopic (exact) mass is 209 g/mol. The van der Waals surface area contributed by atoms with E-state index in [0.717, 1.165) is 23.3 Å². The molecular weight excluding hydrogens is 194 g/mol. The molecule has 0 amide bonds.